The van der Waals surface area contributed by atoms with Crippen molar-refractivity contribution < 1.29 is 14.1 Å². The van der Waals surface area contributed by atoms with Gasteiger partial charge in [0.15, 0.2) is 0 Å². The van der Waals surface area contributed by atoms with Gasteiger partial charge in [-0.05, 0) is 44.5 Å². The molecule has 8 nitrogen and oxygen atoms in total. The minimum Gasteiger partial charge on any atom is -0.456 e. The third kappa shape index (κ3) is 4.51. The molecule has 0 aromatic carbocycles. The van der Waals surface area contributed by atoms with E-state index >= 15 is 0 Å². The van der Waals surface area contributed by atoms with Crippen molar-refractivity contribution in [1.29, 1.82) is 0 Å². The smallest absolute Gasteiger partial charge is 0.341 e. The van der Waals surface area contributed by atoms with Gasteiger partial charge >= 0.3 is 5.97 Å². The van der Waals surface area contributed by atoms with E-state index in [0.29, 0.717) is 27.7 Å². The number of hydrogen-bond acceptors (Lipinski definition) is 8. The zero-order valence-electron chi connectivity index (χ0n) is 17.3. The predicted molar refractivity (Wildman–Crippen MR) is 115 cm³/mol. The first-order valence-electron chi connectivity index (χ1n) is 9.58. The first-order valence-corrected chi connectivity index (χ1v) is 10.6. The Morgan fingerprint density at radius 3 is 2.84 bits per heavy atom. The maximum absolute atomic E-state index is 12.7. The summed E-state index contributed by atoms with van der Waals surface area (Å²) in [6, 6.07) is 8.34. The van der Waals surface area contributed by atoms with Gasteiger partial charge in [-0.3, -0.25) is 9.20 Å². The van der Waals surface area contributed by atoms with Crippen LogP contribution in [0, 0.1) is 20.8 Å². The largest absolute Gasteiger partial charge is 0.456 e. The quantitative estimate of drug-likeness (QED) is 0.334. The molecule has 0 radical (unpaired) electrons. The molecule has 4 aromatic rings. The van der Waals surface area contributed by atoms with Gasteiger partial charge in [-0.25, -0.2) is 14.8 Å². The number of fused-ring (bicyclic) bond motifs is 1. The fraction of sp³-hybridized carbons (Fsp3) is 0.227. The van der Waals surface area contributed by atoms with E-state index in [9.17, 15) is 9.59 Å². The summed E-state index contributed by atoms with van der Waals surface area (Å²) in [4.78, 5) is 33.8. The van der Waals surface area contributed by atoms with Crippen LogP contribution in [0.25, 0.3) is 5.65 Å². The molecule has 0 amide bonds. The van der Waals surface area contributed by atoms with E-state index in [1.54, 1.807) is 30.6 Å². The Balaban J connectivity index is 1.49. The molecule has 4 rings (SSSR count). The highest BCUT2D eigenvalue weighted by Gasteiger charge is 2.17. The van der Waals surface area contributed by atoms with Crippen molar-refractivity contribution in [3.8, 4) is 0 Å². The van der Waals surface area contributed by atoms with Gasteiger partial charge in [0, 0.05) is 29.8 Å². The van der Waals surface area contributed by atoms with Crippen LogP contribution in [0.1, 0.15) is 38.6 Å². The standard InChI is InChI=1S/C22H20N4O4S/c1-13-6-7-19-24-16(9-20(27)26(19)10-13)11-29-22(28)17-5-4-8-23-21(17)31-12-18-14(2)25-30-15(18)3/h4-10H,11-12H2,1-3H3. The van der Waals surface area contributed by atoms with E-state index < -0.39 is 5.97 Å². The Kier molecular flexibility index (Phi) is 5.85. The molecule has 0 N–H and O–H groups in total. The topological polar surface area (TPSA) is 99.6 Å². The van der Waals surface area contributed by atoms with E-state index in [4.69, 9.17) is 9.26 Å². The molecule has 0 aliphatic heterocycles. The number of aryl methyl sites for hydroxylation is 3. The van der Waals surface area contributed by atoms with Crippen molar-refractivity contribution in [2.24, 2.45) is 0 Å². The van der Waals surface area contributed by atoms with Crippen molar-refractivity contribution in [2.45, 2.75) is 38.2 Å². The van der Waals surface area contributed by atoms with Gasteiger partial charge in [-0.15, -0.1) is 11.8 Å². The Labute approximate surface area is 182 Å². The van der Waals surface area contributed by atoms with Gasteiger partial charge < -0.3 is 9.26 Å². The molecule has 31 heavy (non-hydrogen) atoms. The molecule has 4 heterocycles. The maximum atomic E-state index is 12.7. The molecule has 4 aromatic heterocycles. The highest BCUT2D eigenvalue weighted by molar-refractivity contribution is 7.98. The van der Waals surface area contributed by atoms with Crippen molar-refractivity contribution >= 4 is 23.4 Å². The van der Waals surface area contributed by atoms with Gasteiger partial charge in [0.05, 0.1) is 17.0 Å². The molecule has 0 aliphatic carbocycles. The fourth-order valence-electron chi connectivity index (χ4n) is 3.06. The minimum atomic E-state index is -0.528. The summed E-state index contributed by atoms with van der Waals surface area (Å²) in [6.07, 6.45) is 3.35. The summed E-state index contributed by atoms with van der Waals surface area (Å²) >= 11 is 1.41. The number of esters is 1. The number of nitrogens with zero attached hydrogens (tertiary/aromatic N) is 4. The van der Waals surface area contributed by atoms with Gasteiger partial charge in [0.1, 0.15) is 23.0 Å². The Hall–Kier alpha value is -3.46. The van der Waals surface area contributed by atoms with E-state index in [0.717, 1.165) is 22.6 Å². The van der Waals surface area contributed by atoms with Crippen LogP contribution in [-0.4, -0.2) is 25.5 Å². The van der Waals surface area contributed by atoms with Crippen LogP contribution in [0.5, 0.6) is 0 Å². The maximum Gasteiger partial charge on any atom is 0.341 e. The second-order valence-corrected chi connectivity index (χ2v) is 8.01. The van der Waals surface area contributed by atoms with E-state index in [1.807, 2.05) is 26.8 Å². The van der Waals surface area contributed by atoms with E-state index in [2.05, 4.69) is 15.1 Å². The second kappa shape index (κ2) is 8.73. The van der Waals surface area contributed by atoms with Crippen LogP contribution in [0.15, 0.2) is 57.1 Å². The molecule has 0 unspecified atom stereocenters. The normalized spacial score (nSPS) is 11.1. The predicted octanol–water partition coefficient (Wildman–Crippen LogP) is 3.65. The highest BCUT2D eigenvalue weighted by atomic mass is 32.2. The molecule has 0 atom stereocenters. The number of pyridine rings is 2. The molecule has 0 saturated carbocycles. The van der Waals surface area contributed by atoms with Gasteiger partial charge in [0.2, 0.25) is 0 Å². The molecule has 158 valence electrons. The first-order chi connectivity index (χ1) is 14.9. The molecular formula is C22H20N4O4S. The minimum absolute atomic E-state index is 0.110. The van der Waals surface area contributed by atoms with Crippen molar-refractivity contribution in [1.82, 2.24) is 19.5 Å². The summed E-state index contributed by atoms with van der Waals surface area (Å²) in [5.41, 5.74) is 3.76. The summed E-state index contributed by atoms with van der Waals surface area (Å²) in [5.74, 6) is 0.787. The van der Waals surface area contributed by atoms with Crippen molar-refractivity contribution in [3.63, 3.8) is 0 Å². The second-order valence-electron chi connectivity index (χ2n) is 7.04. The fourth-order valence-corrected chi connectivity index (χ4v) is 4.19. The Bertz CT molecular complexity index is 1310. The number of ether oxygens (including phenoxy) is 1. The van der Waals surface area contributed by atoms with Gasteiger partial charge in [0.25, 0.3) is 5.56 Å². The zero-order chi connectivity index (χ0) is 22.0. The van der Waals surface area contributed by atoms with Gasteiger partial charge in [-0.2, -0.15) is 0 Å². The molecule has 0 bridgehead atoms. The van der Waals surface area contributed by atoms with Crippen LogP contribution < -0.4 is 5.56 Å². The number of carbonyl (C=O) groups excluding carboxylic acids is 1. The highest BCUT2D eigenvalue weighted by Crippen LogP contribution is 2.27. The molecule has 0 spiro atoms. The summed E-state index contributed by atoms with van der Waals surface area (Å²) in [5, 5.41) is 4.50. The van der Waals surface area contributed by atoms with Crippen LogP contribution in [0.3, 0.4) is 0 Å². The summed E-state index contributed by atoms with van der Waals surface area (Å²) in [6.45, 7) is 5.52. The van der Waals surface area contributed by atoms with Crippen LogP contribution in [0.4, 0.5) is 0 Å². The molecule has 0 aliphatic rings. The molecule has 0 saturated heterocycles. The lowest BCUT2D eigenvalue weighted by molar-refractivity contribution is 0.0462. The number of hydrogen-bond donors (Lipinski definition) is 0. The number of aromatic nitrogens is 4. The average Bonchev–Trinajstić information content (AvgIpc) is 3.08. The lowest BCUT2D eigenvalue weighted by atomic mass is 10.2. The monoisotopic (exact) mass is 436 g/mol. The van der Waals surface area contributed by atoms with Crippen molar-refractivity contribution in [3.05, 3.63) is 86.9 Å². The zero-order valence-corrected chi connectivity index (χ0v) is 18.1. The lowest BCUT2D eigenvalue weighted by Gasteiger charge is -2.09. The molecule has 9 heteroatoms. The lowest BCUT2D eigenvalue weighted by Crippen LogP contribution is -2.17. The van der Waals surface area contributed by atoms with Crippen molar-refractivity contribution in [2.75, 3.05) is 0 Å². The first kappa shape index (κ1) is 20.8. The third-order valence-corrected chi connectivity index (χ3v) is 5.77. The SMILES string of the molecule is Cc1ccc2nc(COC(=O)c3cccnc3SCc3c(C)noc3C)cc(=O)n2c1. The number of carbonyl (C=O) groups is 1. The van der Waals surface area contributed by atoms with Gasteiger partial charge in [-0.1, -0.05) is 11.2 Å². The van der Waals surface area contributed by atoms with E-state index in [1.165, 1.54) is 22.2 Å². The third-order valence-electron chi connectivity index (χ3n) is 4.74. The average molecular weight is 436 g/mol. The Morgan fingerprint density at radius 1 is 1.23 bits per heavy atom. The molecule has 0 fully saturated rings. The Morgan fingerprint density at radius 2 is 2.06 bits per heavy atom. The summed E-state index contributed by atoms with van der Waals surface area (Å²) in [7, 11) is 0. The van der Waals surface area contributed by atoms with Crippen LogP contribution >= 0.6 is 11.8 Å². The van der Waals surface area contributed by atoms with E-state index in [-0.39, 0.29) is 12.2 Å². The molecular weight excluding hydrogens is 416 g/mol. The summed E-state index contributed by atoms with van der Waals surface area (Å²) < 4.78 is 12.1. The number of rotatable bonds is 6. The van der Waals surface area contributed by atoms with Crippen LogP contribution in [-0.2, 0) is 17.1 Å². The van der Waals surface area contributed by atoms with Crippen LogP contribution in [0.2, 0.25) is 0 Å². The number of thioether (sulfide) groups is 1.